The maximum Gasteiger partial charge on any atom is 0.332 e. The van der Waals surface area contributed by atoms with Crippen molar-refractivity contribution >= 4 is 46.5 Å². The molecule has 2 aromatic carbocycles. The summed E-state index contributed by atoms with van der Waals surface area (Å²) in [4.78, 5) is 24.9. The minimum absolute atomic E-state index is 0.0685. The number of halogens is 1. The number of fused-ring (bicyclic) bond motifs is 1. The summed E-state index contributed by atoms with van der Waals surface area (Å²) in [5.74, 6) is 0.0590. The van der Waals surface area contributed by atoms with Gasteiger partial charge in [-0.3, -0.25) is 14.8 Å². The summed E-state index contributed by atoms with van der Waals surface area (Å²) < 4.78 is 13.6. The Balaban J connectivity index is 1.49. The first-order valence-electron chi connectivity index (χ1n) is 9.26. The molecule has 8 heteroatoms. The number of hydrogen-bond acceptors (Lipinski definition) is 5. The molecule has 0 saturated carbocycles. The zero-order valence-electron chi connectivity index (χ0n) is 15.9. The zero-order chi connectivity index (χ0) is 20.6. The van der Waals surface area contributed by atoms with E-state index in [4.69, 9.17) is 20.8 Å². The molecule has 3 aromatic rings. The SMILES string of the molecule is CCCCCOc1ccc(SNC(=O)NC(=O)c2cc3ccccc3o2)cc1Cl. The normalized spacial score (nSPS) is 10.7. The molecule has 29 heavy (non-hydrogen) atoms. The van der Waals surface area contributed by atoms with Crippen molar-refractivity contribution in [2.24, 2.45) is 0 Å². The van der Waals surface area contributed by atoms with Gasteiger partial charge in [-0.1, -0.05) is 49.6 Å². The van der Waals surface area contributed by atoms with Gasteiger partial charge in [-0.2, -0.15) is 0 Å². The number of carbonyl (C=O) groups is 2. The molecule has 0 radical (unpaired) electrons. The van der Waals surface area contributed by atoms with Crippen LogP contribution >= 0.6 is 23.5 Å². The molecule has 0 unspecified atom stereocenters. The molecule has 0 bridgehead atoms. The second-order valence-electron chi connectivity index (χ2n) is 6.28. The number of rotatable bonds is 8. The monoisotopic (exact) mass is 432 g/mol. The molecule has 0 aliphatic rings. The highest BCUT2D eigenvalue weighted by atomic mass is 35.5. The first-order valence-corrected chi connectivity index (χ1v) is 10.5. The van der Waals surface area contributed by atoms with Crippen LogP contribution in [0.2, 0.25) is 5.02 Å². The van der Waals surface area contributed by atoms with Crippen molar-refractivity contribution in [3.63, 3.8) is 0 Å². The predicted molar refractivity (Wildman–Crippen MR) is 115 cm³/mol. The van der Waals surface area contributed by atoms with Gasteiger partial charge in [0.25, 0.3) is 5.91 Å². The molecule has 0 aliphatic heterocycles. The summed E-state index contributed by atoms with van der Waals surface area (Å²) in [5, 5.41) is 3.49. The van der Waals surface area contributed by atoms with Crippen LogP contribution in [-0.4, -0.2) is 18.5 Å². The van der Waals surface area contributed by atoms with E-state index in [9.17, 15) is 9.59 Å². The van der Waals surface area contributed by atoms with E-state index in [1.807, 2.05) is 18.2 Å². The second kappa shape index (κ2) is 10.2. The lowest BCUT2D eigenvalue weighted by atomic mass is 10.2. The number of carbonyl (C=O) groups excluding carboxylic acids is 2. The van der Waals surface area contributed by atoms with E-state index in [-0.39, 0.29) is 5.76 Å². The highest BCUT2D eigenvalue weighted by Crippen LogP contribution is 2.29. The van der Waals surface area contributed by atoms with Crippen LogP contribution in [-0.2, 0) is 0 Å². The van der Waals surface area contributed by atoms with Gasteiger partial charge in [0, 0.05) is 10.3 Å². The van der Waals surface area contributed by atoms with Crippen LogP contribution in [0.3, 0.4) is 0 Å². The number of para-hydroxylation sites is 1. The van der Waals surface area contributed by atoms with Crippen LogP contribution in [0.15, 0.2) is 57.8 Å². The third kappa shape index (κ3) is 5.92. The number of nitrogens with one attached hydrogen (secondary N) is 2. The van der Waals surface area contributed by atoms with Gasteiger partial charge in [0.2, 0.25) is 0 Å². The summed E-state index contributed by atoms with van der Waals surface area (Å²) in [7, 11) is 0. The smallest absolute Gasteiger partial charge is 0.332 e. The Morgan fingerprint density at radius 1 is 1.14 bits per heavy atom. The third-order valence-corrected chi connectivity index (χ3v) is 5.12. The summed E-state index contributed by atoms with van der Waals surface area (Å²) in [6.45, 7) is 2.75. The number of hydrogen-bond donors (Lipinski definition) is 2. The van der Waals surface area contributed by atoms with Crippen molar-refractivity contribution in [3.8, 4) is 5.75 Å². The molecule has 0 atom stereocenters. The van der Waals surface area contributed by atoms with E-state index in [0.717, 1.165) is 36.6 Å². The number of unbranched alkanes of at least 4 members (excludes halogenated alkanes) is 2. The molecule has 1 heterocycles. The molecule has 3 amide bonds. The fourth-order valence-electron chi connectivity index (χ4n) is 2.59. The first-order chi connectivity index (χ1) is 14.1. The van der Waals surface area contributed by atoms with Crippen molar-refractivity contribution in [3.05, 3.63) is 59.3 Å². The number of benzene rings is 2. The molecule has 6 nitrogen and oxygen atoms in total. The van der Waals surface area contributed by atoms with Crippen molar-refractivity contribution in [1.82, 2.24) is 10.0 Å². The van der Waals surface area contributed by atoms with Crippen molar-refractivity contribution in [1.29, 1.82) is 0 Å². The average Bonchev–Trinajstić information content (AvgIpc) is 3.15. The molecular weight excluding hydrogens is 412 g/mol. The Morgan fingerprint density at radius 2 is 1.97 bits per heavy atom. The van der Waals surface area contributed by atoms with Gasteiger partial charge in [0.1, 0.15) is 11.3 Å². The van der Waals surface area contributed by atoms with E-state index in [2.05, 4.69) is 17.0 Å². The third-order valence-electron chi connectivity index (χ3n) is 4.05. The lowest BCUT2D eigenvalue weighted by Crippen LogP contribution is -2.36. The van der Waals surface area contributed by atoms with E-state index < -0.39 is 11.9 Å². The standard InChI is InChI=1S/C21H21ClN2O4S/c1-2-3-6-11-27-18-10-9-15(13-16(18)22)29-24-21(26)23-20(25)19-12-14-7-4-5-8-17(14)28-19/h4-5,7-10,12-13H,2-3,6,11H2,1H3,(H2,23,24,25,26). The number of ether oxygens (including phenoxy) is 1. The van der Waals surface area contributed by atoms with E-state index in [1.165, 1.54) is 0 Å². The van der Waals surface area contributed by atoms with Crippen LogP contribution in [0.1, 0.15) is 36.7 Å². The van der Waals surface area contributed by atoms with Crippen LogP contribution in [0.4, 0.5) is 4.79 Å². The molecule has 1 aromatic heterocycles. The lowest BCUT2D eigenvalue weighted by molar-refractivity contribution is 0.0940. The van der Waals surface area contributed by atoms with E-state index in [1.54, 1.807) is 30.3 Å². The Hall–Kier alpha value is -2.64. The zero-order valence-corrected chi connectivity index (χ0v) is 17.4. The fourth-order valence-corrected chi connectivity index (χ4v) is 3.46. The van der Waals surface area contributed by atoms with Gasteiger partial charge < -0.3 is 9.15 Å². The summed E-state index contributed by atoms with van der Waals surface area (Å²) in [6.07, 6.45) is 3.21. The fraction of sp³-hybridized carbons (Fsp3) is 0.238. The number of furan rings is 1. The van der Waals surface area contributed by atoms with Crippen LogP contribution in [0, 0.1) is 0 Å². The average molecular weight is 433 g/mol. The molecule has 3 rings (SSSR count). The number of imide groups is 1. The molecule has 0 spiro atoms. The minimum Gasteiger partial charge on any atom is -0.492 e. The second-order valence-corrected chi connectivity index (χ2v) is 7.57. The maximum absolute atomic E-state index is 12.2. The molecule has 0 aliphatic carbocycles. The van der Waals surface area contributed by atoms with Crippen molar-refractivity contribution < 1.29 is 18.7 Å². The molecule has 2 N–H and O–H groups in total. The Kier molecular flexibility index (Phi) is 7.43. The number of amides is 3. The van der Waals surface area contributed by atoms with Gasteiger partial charge in [-0.15, -0.1) is 0 Å². The van der Waals surface area contributed by atoms with Gasteiger partial charge >= 0.3 is 6.03 Å². The van der Waals surface area contributed by atoms with Crippen molar-refractivity contribution in [2.45, 2.75) is 31.1 Å². The van der Waals surface area contributed by atoms with E-state index >= 15 is 0 Å². The molecule has 152 valence electrons. The highest BCUT2D eigenvalue weighted by molar-refractivity contribution is 7.98. The van der Waals surface area contributed by atoms with Crippen LogP contribution in [0.5, 0.6) is 5.75 Å². The summed E-state index contributed by atoms with van der Waals surface area (Å²) >= 11 is 7.27. The minimum atomic E-state index is -0.656. The summed E-state index contributed by atoms with van der Waals surface area (Å²) in [6, 6.07) is 13.4. The quantitative estimate of drug-likeness (QED) is 0.347. The van der Waals surface area contributed by atoms with Gasteiger partial charge in [0.15, 0.2) is 5.76 Å². The Bertz CT molecular complexity index is 972. The molecular formula is C21H21ClN2O4S. The first kappa shape index (κ1) is 21.1. The van der Waals surface area contributed by atoms with Gasteiger partial charge in [0.05, 0.1) is 11.6 Å². The predicted octanol–water partition coefficient (Wildman–Crippen LogP) is 5.80. The topological polar surface area (TPSA) is 80.6 Å². The summed E-state index contributed by atoms with van der Waals surface area (Å²) in [5.41, 5.74) is 0.582. The molecule has 0 saturated heterocycles. The van der Waals surface area contributed by atoms with E-state index in [0.29, 0.717) is 27.9 Å². The maximum atomic E-state index is 12.2. The Morgan fingerprint density at radius 3 is 2.72 bits per heavy atom. The largest absolute Gasteiger partial charge is 0.492 e. The van der Waals surface area contributed by atoms with Crippen LogP contribution in [0.25, 0.3) is 11.0 Å². The Labute approximate surface area is 178 Å². The van der Waals surface area contributed by atoms with Crippen molar-refractivity contribution in [2.75, 3.05) is 6.61 Å². The highest BCUT2D eigenvalue weighted by Gasteiger charge is 2.15. The lowest BCUT2D eigenvalue weighted by Gasteiger charge is -2.09. The molecule has 0 fully saturated rings. The van der Waals surface area contributed by atoms with Gasteiger partial charge in [-0.05, 0) is 48.7 Å². The van der Waals surface area contributed by atoms with Crippen LogP contribution < -0.4 is 14.8 Å². The number of urea groups is 1. The van der Waals surface area contributed by atoms with Gasteiger partial charge in [-0.25, -0.2) is 4.79 Å².